The molecule has 2 N–H and O–H groups in total. The molecule has 5 nitrogen and oxygen atoms in total. The van der Waals surface area contributed by atoms with Gasteiger partial charge in [-0.15, -0.1) is 0 Å². The van der Waals surface area contributed by atoms with Crippen LogP contribution in [-0.4, -0.2) is 26.8 Å². The van der Waals surface area contributed by atoms with Gasteiger partial charge in [-0.3, -0.25) is 4.79 Å². The van der Waals surface area contributed by atoms with E-state index in [1.807, 2.05) is 0 Å². The van der Waals surface area contributed by atoms with E-state index < -0.39 is 11.8 Å². The molecule has 0 aliphatic carbocycles. The number of aromatic nitrogens is 2. The van der Waals surface area contributed by atoms with Crippen LogP contribution in [0.25, 0.3) is 11.0 Å². The van der Waals surface area contributed by atoms with Crippen molar-refractivity contribution in [2.75, 3.05) is 0 Å². The number of aliphatic carboxylic acids is 1. The number of nitrogens with zero attached hydrogens (tertiary/aromatic N) is 1. The second kappa shape index (κ2) is 3.20. The summed E-state index contributed by atoms with van der Waals surface area (Å²) in [5.74, 6) is -1.64. The summed E-state index contributed by atoms with van der Waals surface area (Å²) in [6, 6.07) is 4.57. The Hall–Kier alpha value is -2.17. The van der Waals surface area contributed by atoms with Crippen LogP contribution >= 0.6 is 0 Å². The first-order valence-corrected chi connectivity index (χ1v) is 4.32. The van der Waals surface area contributed by atoms with Crippen LogP contribution in [0.2, 0.25) is 0 Å². The molecule has 0 atom stereocenters. The van der Waals surface area contributed by atoms with Gasteiger partial charge in [0.1, 0.15) is 5.82 Å². The Morgan fingerprint density at radius 3 is 2.80 bits per heavy atom. The first kappa shape index (κ1) is 9.39. The van der Waals surface area contributed by atoms with Crippen molar-refractivity contribution in [1.29, 1.82) is 0 Å². The Morgan fingerprint density at radius 1 is 1.40 bits per heavy atom. The van der Waals surface area contributed by atoms with Crippen LogP contribution < -0.4 is 0 Å². The molecule has 1 heterocycles. The Balaban J connectivity index is 2.55. The molecule has 1 aromatic heterocycles. The van der Waals surface area contributed by atoms with E-state index in [0.717, 1.165) is 11.3 Å². The maximum absolute atomic E-state index is 11.2. The minimum absolute atomic E-state index is 0.152. The number of carbonyl (C=O) groups excluding carboxylic acids is 1. The smallest absolute Gasteiger partial charge is 0.377 e. The van der Waals surface area contributed by atoms with Crippen LogP contribution in [0.15, 0.2) is 18.2 Å². The molecule has 5 heteroatoms. The van der Waals surface area contributed by atoms with Gasteiger partial charge in [0.15, 0.2) is 0 Å². The zero-order valence-electron chi connectivity index (χ0n) is 7.94. The fourth-order valence-electron chi connectivity index (χ4n) is 1.40. The predicted octanol–water partition coefficient (Wildman–Crippen LogP) is 1.14. The zero-order valence-corrected chi connectivity index (χ0v) is 7.94. The van der Waals surface area contributed by atoms with Gasteiger partial charge < -0.3 is 10.1 Å². The highest BCUT2D eigenvalue weighted by molar-refractivity contribution is 6.40. The Kier molecular flexibility index (Phi) is 2.00. The first-order chi connectivity index (χ1) is 7.08. The summed E-state index contributed by atoms with van der Waals surface area (Å²) in [5.41, 5.74) is 1.53. The highest BCUT2D eigenvalue weighted by Crippen LogP contribution is 2.13. The van der Waals surface area contributed by atoms with Gasteiger partial charge in [0.05, 0.1) is 11.0 Å². The molecule has 0 aliphatic heterocycles. The molecule has 1 aromatic carbocycles. The summed E-state index contributed by atoms with van der Waals surface area (Å²) in [7, 11) is 0. The van der Waals surface area contributed by atoms with Crippen LogP contribution in [0, 0.1) is 6.92 Å². The van der Waals surface area contributed by atoms with E-state index in [1.54, 1.807) is 13.0 Å². The maximum Gasteiger partial charge on any atom is 0.377 e. The summed E-state index contributed by atoms with van der Waals surface area (Å²) in [4.78, 5) is 28.7. The average molecular weight is 204 g/mol. The van der Waals surface area contributed by atoms with Gasteiger partial charge in [0, 0.05) is 5.56 Å². The van der Waals surface area contributed by atoms with E-state index in [-0.39, 0.29) is 5.56 Å². The Bertz CT molecular complexity index is 557. The van der Waals surface area contributed by atoms with E-state index in [1.165, 1.54) is 12.1 Å². The van der Waals surface area contributed by atoms with Gasteiger partial charge in [-0.1, -0.05) is 0 Å². The Morgan fingerprint density at radius 2 is 2.13 bits per heavy atom. The van der Waals surface area contributed by atoms with Crippen molar-refractivity contribution < 1.29 is 14.7 Å². The minimum Gasteiger partial charge on any atom is -0.475 e. The summed E-state index contributed by atoms with van der Waals surface area (Å²) in [6.07, 6.45) is 0. The first-order valence-electron chi connectivity index (χ1n) is 4.32. The second-order valence-electron chi connectivity index (χ2n) is 3.19. The van der Waals surface area contributed by atoms with Crippen molar-refractivity contribution in [3.63, 3.8) is 0 Å². The number of aryl methyl sites for hydroxylation is 1. The molecule has 0 spiro atoms. The van der Waals surface area contributed by atoms with Gasteiger partial charge in [-0.25, -0.2) is 9.78 Å². The van der Waals surface area contributed by atoms with Gasteiger partial charge in [-0.05, 0) is 25.1 Å². The average Bonchev–Trinajstić information content (AvgIpc) is 2.55. The number of Topliss-reactive ketones (excluding diaryl/α,β-unsaturated/α-hetero) is 1. The number of carboxylic acids is 1. The highest BCUT2D eigenvalue weighted by atomic mass is 16.4. The molecule has 0 saturated carbocycles. The SMILES string of the molecule is Cc1nc2ccc(C(=O)C(=O)O)cc2[nH]1. The summed E-state index contributed by atoms with van der Waals surface area (Å²) in [5, 5.41) is 8.54. The van der Waals surface area contributed by atoms with Crippen LogP contribution in [0.1, 0.15) is 16.2 Å². The third-order valence-electron chi connectivity index (χ3n) is 2.06. The van der Waals surface area contributed by atoms with Crippen molar-refractivity contribution in [3.05, 3.63) is 29.6 Å². The standard InChI is InChI=1S/C10H8N2O3/c1-5-11-7-3-2-6(4-8(7)12-5)9(13)10(14)15/h2-4H,1H3,(H,11,12)(H,14,15). The Labute approximate surface area is 84.8 Å². The zero-order chi connectivity index (χ0) is 11.0. The van der Waals surface area contributed by atoms with Crippen LogP contribution in [0.5, 0.6) is 0 Å². The fourth-order valence-corrected chi connectivity index (χ4v) is 1.40. The van der Waals surface area contributed by atoms with Gasteiger partial charge in [-0.2, -0.15) is 0 Å². The van der Waals surface area contributed by atoms with Gasteiger partial charge in [0.2, 0.25) is 0 Å². The molecule has 0 aliphatic rings. The topological polar surface area (TPSA) is 83.1 Å². The quantitative estimate of drug-likeness (QED) is 0.567. The van der Waals surface area contributed by atoms with Crippen molar-refractivity contribution in [1.82, 2.24) is 9.97 Å². The number of imidazole rings is 1. The molecular weight excluding hydrogens is 196 g/mol. The summed E-state index contributed by atoms with van der Waals surface area (Å²) < 4.78 is 0. The molecular formula is C10H8N2O3. The lowest BCUT2D eigenvalue weighted by Gasteiger charge is -1.94. The number of nitrogens with one attached hydrogen (secondary N) is 1. The minimum atomic E-state index is -1.45. The van der Waals surface area contributed by atoms with Gasteiger partial charge in [0.25, 0.3) is 5.78 Å². The molecule has 0 saturated heterocycles. The number of hydrogen-bond acceptors (Lipinski definition) is 3. The van der Waals surface area contributed by atoms with E-state index in [2.05, 4.69) is 9.97 Å². The molecule has 0 bridgehead atoms. The third kappa shape index (κ3) is 1.59. The number of aromatic amines is 1. The number of benzene rings is 1. The second-order valence-corrected chi connectivity index (χ2v) is 3.19. The molecule has 2 rings (SSSR count). The van der Waals surface area contributed by atoms with E-state index >= 15 is 0 Å². The van der Waals surface area contributed by atoms with Crippen molar-refractivity contribution >= 4 is 22.8 Å². The van der Waals surface area contributed by atoms with Crippen molar-refractivity contribution in [2.24, 2.45) is 0 Å². The van der Waals surface area contributed by atoms with Crippen LogP contribution in [0.3, 0.4) is 0 Å². The number of carbonyl (C=O) groups is 2. The third-order valence-corrected chi connectivity index (χ3v) is 2.06. The number of rotatable bonds is 2. The van der Waals surface area contributed by atoms with Crippen LogP contribution in [-0.2, 0) is 4.79 Å². The predicted molar refractivity (Wildman–Crippen MR) is 52.8 cm³/mol. The lowest BCUT2D eigenvalue weighted by molar-refractivity contribution is -0.131. The molecule has 2 aromatic rings. The fraction of sp³-hybridized carbons (Fsp3) is 0.100. The monoisotopic (exact) mass is 204 g/mol. The summed E-state index contributed by atoms with van der Waals surface area (Å²) in [6.45, 7) is 1.79. The maximum atomic E-state index is 11.2. The van der Waals surface area contributed by atoms with Crippen LogP contribution in [0.4, 0.5) is 0 Å². The number of ketones is 1. The number of hydrogen-bond donors (Lipinski definition) is 2. The van der Waals surface area contributed by atoms with E-state index in [9.17, 15) is 9.59 Å². The molecule has 76 valence electrons. The number of carboxylic acid groups (broad SMARTS) is 1. The molecule has 0 unspecified atom stereocenters. The lowest BCUT2D eigenvalue weighted by Crippen LogP contribution is -2.12. The largest absolute Gasteiger partial charge is 0.475 e. The summed E-state index contributed by atoms with van der Waals surface area (Å²) >= 11 is 0. The highest BCUT2D eigenvalue weighted by Gasteiger charge is 2.15. The molecule has 0 amide bonds. The number of H-pyrrole nitrogens is 1. The molecule has 0 radical (unpaired) electrons. The normalized spacial score (nSPS) is 10.5. The number of fused-ring (bicyclic) bond motifs is 1. The van der Waals surface area contributed by atoms with Crippen molar-refractivity contribution in [3.8, 4) is 0 Å². The molecule has 0 fully saturated rings. The van der Waals surface area contributed by atoms with Gasteiger partial charge >= 0.3 is 5.97 Å². The van der Waals surface area contributed by atoms with E-state index in [0.29, 0.717) is 5.52 Å². The van der Waals surface area contributed by atoms with Crippen molar-refractivity contribution in [2.45, 2.75) is 6.92 Å². The molecule has 15 heavy (non-hydrogen) atoms. The van der Waals surface area contributed by atoms with E-state index in [4.69, 9.17) is 5.11 Å². The lowest BCUT2D eigenvalue weighted by atomic mass is 10.1.